The number of nitrogens with zero attached hydrogens (tertiary/aromatic N) is 6. The maximum atomic E-state index is 9.27. The van der Waals surface area contributed by atoms with Gasteiger partial charge in [-0.3, -0.25) is 0 Å². The monoisotopic (exact) mass is 1830 g/mol. The molecule has 6 heteroatoms. The minimum absolute atomic E-state index is 0.538. The Morgan fingerprint density at radius 1 is 0.167 bits per heavy atom. The van der Waals surface area contributed by atoms with Gasteiger partial charge in [-0.1, -0.05) is 353 Å². The molecule has 10 aromatic heterocycles. The molecule has 0 unspecified atom stereocenters. The van der Waals surface area contributed by atoms with Crippen molar-refractivity contribution in [2.75, 3.05) is 0 Å². The fourth-order valence-electron chi connectivity index (χ4n) is 24.9. The average molecular weight is 1830 g/mol. The Labute approximate surface area is 828 Å². The standard InChI is InChI=1S/C36H21N.C30H19N.C26H19N.C25H14N2.C21H17N/c1-2-11-26-24(9-1)25-10-3-4-12-27(25)31-19-22(17-18-28(26)31)23-20-32-29-13-5-7-15-34(29)37-35-16-8-6-14-30(35)33(21-23)36(32)37;1-2-10-20(11-3-1)22-12-4-5-13-23(22)21-18-26-24-14-6-8-16-28(24)31-29-17-9-7-15-25(29)27(19-21)30(26)31;1-16-11-17(2)13-18(12-16)19-14-22-20-7-3-5-9-24(20)27-25-10-6-4-8-21(25)23(15-19)26(22)27;26-15-16-6-5-7-17(12-16)18-13-21-19-8-1-3-10-23(19)27-24-11-4-2-9-20(24)22(14-18)25(21)27;1-13(2)14-11-17-15-7-3-5-9-19(15)22-20-10-6-4-8-16(20)18(12-14)21(17)22/h1-21H;1-19H;3-15H,1-2H3;1-14H;3-13H,1-2H3. The van der Waals surface area contributed by atoms with Gasteiger partial charge in [0.2, 0.25) is 0 Å². The van der Waals surface area contributed by atoms with Crippen molar-refractivity contribution in [1.29, 1.82) is 5.26 Å². The van der Waals surface area contributed by atoms with Crippen LogP contribution >= 0.6 is 0 Å². The summed E-state index contributed by atoms with van der Waals surface area (Å²) in [5.74, 6) is 0.538. The highest BCUT2D eigenvalue weighted by molar-refractivity contribution is 6.31. The van der Waals surface area contributed by atoms with Crippen molar-refractivity contribution in [3.8, 4) is 61.7 Å². The second-order valence-corrected chi connectivity index (χ2v) is 39.5. The van der Waals surface area contributed by atoms with Gasteiger partial charge in [0.25, 0.3) is 0 Å². The van der Waals surface area contributed by atoms with Gasteiger partial charge in [-0.05, 0) is 253 Å². The summed E-state index contributed by atoms with van der Waals surface area (Å²) >= 11 is 0. The Kier molecular flexibility index (Phi) is 18.4. The molecule has 0 spiro atoms. The molecule has 10 heterocycles. The summed E-state index contributed by atoms with van der Waals surface area (Å²) < 4.78 is 12.1. The molecule has 0 aliphatic carbocycles. The van der Waals surface area contributed by atoms with Crippen molar-refractivity contribution in [2.45, 2.75) is 33.6 Å². The topological polar surface area (TPSA) is 45.8 Å². The predicted octanol–water partition coefficient (Wildman–Crippen LogP) is 37.6. The van der Waals surface area contributed by atoms with Crippen LogP contribution in [0.15, 0.2) is 467 Å². The summed E-state index contributed by atoms with van der Waals surface area (Å²) in [6.45, 7) is 8.90. The third-order valence-electron chi connectivity index (χ3n) is 31.0. The average Bonchev–Trinajstić information content (AvgIpc) is 1.56. The Morgan fingerprint density at radius 2 is 0.389 bits per heavy atom. The first-order valence-corrected chi connectivity index (χ1v) is 50.0. The lowest BCUT2D eigenvalue weighted by Crippen LogP contribution is -1.86. The maximum Gasteiger partial charge on any atom is 0.0991 e. The van der Waals surface area contributed by atoms with Gasteiger partial charge < -0.3 is 22.0 Å². The van der Waals surface area contributed by atoms with Crippen molar-refractivity contribution in [2.24, 2.45) is 0 Å². The van der Waals surface area contributed by atoms with Crippen LogP contribution in [0.25, 0.3) is 278 Å². The van der Waals surface area contributed by atoms with Crippen LogP contribution in [0.5, 0.6) is 0 Å². The molecule has 33 aromatic rings. The molecule has 0 saturated heterocycles. The molecule has 0 saturated carbocycles. The van der Waals surface area contributed by atoms with Crippen LogP contribution in [0.2, 0.25) is 0 Å². The minimum Gasteiger partial charge on any atom is -0.308 e. The van der Waals surface area contributed by atoms with E-state index in [4.69, 9.17) is 0 Å². The lowest BCUT2D eigenvalue weighted by atomic mass is 9.91. The van der Waals surface area contributed by atoms with Crippen molar-refractivity contribution < 1.29 is 0 Å². The van der Waals surface area contributed by atoms with E-state index in [-0.39, 0.29) is 0 Å². The van der Waals surface area contributed by atoms with Gasteiger partial charge in [-0.25, -0.2) is 0 Å². The maximum absolute atomic E-state index is 9.27. The van der Waals surface area contributed by atoms with Crippen molar-refractivity contribution in [1.82, 2.24) is 22.0 Å². The van der Waals surface area contributed by atoms with E-state index in [1.165, 1.54) is 284 Å². The van der Waals surface area contributed by atoms with Gasteiger partial charge in [0.1, 0.15) is 0 Å². The largest absolute Gasteiger partial charge is 0.308 e. The molecule has 0 fully saturated rings. The quantitative estimate of drug-likeness (QED) is 0.153. The van der Waals surface area contributed by atoms with Crippen LogP contribution in [0, 0.1) is 25.2 Å². The number of nitriles is 1. The molecule has 0 amide bonds. The van der Waals surface area contributed by atoms with E-state index in [1.54, 1.807) is 0 Å². The molecular weight excluding hydrogens is 1740 g/mol. The molecule has 33 rings (SSSR count). The van der Waals surface area contributed by atoms with Gasteiger partial charge in [-0.2, -0.15) is 5.26 Å². The van der Waals surface area contributed by atoms with E-state index in [1.807, 2.05) is 18.2 Å². The summed E-state index contributed by atoms with van der Waals surface area (Å²) in [7, 11) is 0. The molecule has 0 N–H and O–H groups in total. The summed E-state index contributed by atoms with van der Waals surface area (Å²) in [6, 6.07) is 172. The third-order valence-corrected chi connectivity index (χ3v) is 31.0. The first-order chi connectivity index (χ1) is 71.1. The first kappa shape index (κ1) is 82.4. The molecule has 0 radical (unpaired) electrons. The molecule has 0 aliphatic rings. The normalized spacial score (nSPS) is 12.1. The van der Waals surface area contributed by atoms with E-state index >= 15 is 0 Å². The first-order valence-electron chi connectivity index (χ1n) is 50.0. The van der Waals surface area contributed by atoms with Gasteiger partial charge in [0.15, 0.2) is 0 Å². The fourth-order valence-corrected chi connectivity index (χ4v) is 24.9. The number of benzene rings is 23. The Balaban J connectivity index is 0.0000000865. The van der Waals surface area contributed by atoms with Crippen LogP contribution in [-0.2, 0) is 0 Å². The lowest BCUT2D eigenvalue weighted by molar-refractivity contribution is 0.870. The second kappa shape index (κ2) is 32.2. The van der Waals surface area contributed by atoms with Gasteiger partial charge in [-0.15, -0.1) is 0 Å². The van der Waals surface area contributed by atoms with Crippen LogP contribution in [-0.4, -0.2) is 22.0 Å². The van der Waals surface area contributed by atoms with Crippen molar-refractivity contribution >= 4 is 223 Å². The number of aryl methyl sites for hydroxylation is 2. The SMILES string of the molecule is CC(C)c1cc2c3ccccc3n3c4ccccc4c(c1)c23.Cc1cc(C)cc(-c2cc3c4ccccc4n4c5ccccc5c(c2)c34)c1.N#Cc1cccc(-c2cc3c4ccccc4n4c5ccccc5c(c2)c34)c1.c1ccc(-c2ccccc2-c2cc3c4ccccc4n4c5ccccc5c(c2)c34)cc1.c1ccc2c(c1)c1ccccc1c1cc(-c3cc4c5ccccc5n5c6ccccc6c(c3)c45)ccc21. The summed E-state index contributed by atoms with van der Waals surface area (Å²) in [5, 5.41) is 43.6. The van der Waals surface area contributed by atoms with E-state index in [2.05, 4.69) is 505 Å². The summed E-state index contributed by atoms with van der Waals surface area (Å²) in [6.07, 6.45) is 0. The number of hydrogen-bond acceptors (Lipinski definition) is 1. The van der Waals surface area contributed by atoms with E-state index in [0.29, 0.717) is 11.5 Å². The molecule has 0 aliphatic heterocycles. The van der Waals surface area contributed by atoms with Crippen molar-refractivity contribution in [3.05, 3.63) is 489 Å². The third kappa shape index (κ3) is 12.4. The van der Waals surface area contributed by atoms with Gasteiger partial charge in [0.05, 0.1) is 94.4 Å². The highest BCUT2D eigenvalue weighted by atomic mass is 14.9. The van der Waals surface area contributed by atoms with Gasteiger partial charge in [0, 0.05) is 108 Å². The second-order valence-electron chi connectivity index (χ2n) is 39.5. The summed E-state index contributed by atoms with van der Waals surface area (Å²) in [4.78, 5) is 0. The van der Waals surface area contributed by atoms with E-state index < -0.39 is 0 Å². The zero-order valence-electron chi connectivity index (χ0n) is 79.7. The molecule has 144 heavy (non-hydrogen) atoms. The highest BCUT2D eigenvalue weighted by Gasteiger charge is 2.27. The van der Waals surface area contributed by atoms with Crippen LogP contribution in [0.3, 0.4) is 0 Å². The molecule has 0 bridgehead atoms. The lowest BCUT2D eigenvalue weighted by Gasteiger charge is -2.12. The molecule has 0 atom stereocenters. The van der Waals surface area contributed by atoms with Crippen LogP contribution in [0.4, 0.5) is 0 Å². The zero-order valence-corrected chi connectivity index (χ0v) is 79.7. The van der Waals surface area contributed by atoms with E-state index in [9.17, 15) is 5.26 Å². The number of para-hydroxylation sites is 10. The molecule has 23 aromatic carbocycles. The Bertz CT molecular complexity index is 10600. The Morgan fingerprint density at radius 3 is 0.694 bits per heavy atom. The predicted molar refractivity (Wildman–Crippen MR) is 613 cm³/mol. The van der Waals surface area contributed by atoms with Crippen LogP contribution < -0.4 is 0 Å². The van der Waals surface area contributed by atoms with Crippen molar-refractivity contribution in [3.63, 3.8) is 0 Å². The van der Waals surface area contributed by atoms with Gasteiger partial charge >= 0.3 is 0 Å². The molecule has 672 valence electrons. The zero-order chi connectivity index (χ0) is 95.4. The minimum atomic E-state index is 0.538. The molecule has 6 nitrogen and oxygen atoms in total. The highest BCUT2D eigenvalue weighted by Crippen LogP contribution is 2.51. The number of hydrogen-bond donors (Lipinski definition) is 0. The van der Waals surface area contributed by atoms with Crippen LogP contribution in [0.1, 0.15) is 42.0 Å². The number of aromatic nitrogens is 5. The smallest absolute Gasteiger partial charge is 0.0991 e. The Hall–Kier alpha value is -18.7. The number of rotatable bonds is 6. The molecular formula is C138H90N6. The van der Waals surface area contributed by atoms with E-state index in [0.717, 1.165) is 11.1 Å². The number of fused-ring (bicyclic) bond motifs is 36. The fraction of sp³-hybridized carbons (Fsp3) is 0.0362. The summed E-state index contributed by atoms with van der Waals surface area (Å²) in [5.41, 5.74) is 36.5.